The zero-order chi connectivity index (χ0) is 17.0. The van der Waals surface area contributed by atoms with Crippen LogP contribution in [0.25, 0.3) is 10.4 Å². The Morgan fingerprint density at radius 3 is 2.68 bits per heavy atom. The Balaban J connectivity index is 0.000000534. The van der Waals surface area contributed by atoms with Crippen LogP contribution in [0.4, 0.5) is 0 Å². The van der Waals surface area contributed by atoms with Crippen molar-refractivity contribution in [2.75, 3.05) is 13.1 Å². The third-order valence-electron chi connectivity index (χ3n) is 2.45. The van der Waals surface area contributed by atoms with Gasteiger partial charge in [-0.15, -0.1) is 0 Å². The maximum Gasteiger partial charge on any atom is 0.310 e. The highest BCUT2D eigenvalue weighted by Gasteiger charge is 2.12. The molecule has 1 unspecified atom stereocenters. The second-order valence-corrected chi connectivity index (χ2v) is 5.61. The maximum atomic E-state index is 11.3. The molecule has 1 N–H and O–H groups in total. The molecule has 1 aliphatic heterocycles. The summed E-state index contributed by atoms with van der Waals surface area (Å²) in [4.78, 5) is 23.5. The van der Waals surface area contributed by atoms with Gasteiger partial charge in [0.2, 0.25) is 0 Å². The average molecular weight is 312 g/mol. The van der Waals surface area contributed by atoms with Crippen LogP contribution in [-0.4, -0.2) is 37.4 Å². The summed E-state index contributed by atoms with van der Waals surface area (Å²) >= 11 is 0. The van der Waals surface area contributed by atoms with Gasteiger partial charge in [0.1, 0.15) is 5.60 Å². The molecule has 0 aromatic carbocycles. The Labute approximate surface area is 130 Å². The van der Waals surface area contributed by atoms with Crippen molar-refractivity contribution in [1.29, 1.82) is 0 Å². The molecule has 1 heterocycles. The van der Waals surface area contributed by atoms with Gasteiger partial charge in [0.05, 0.1) is 6.42 Å². The van der Waals surface area contributed by atoms with Crippen molar-refractivity contribution in [3.63, 3.8) is 0 Å². The van der Waals surface area contributed by atoms with Crippen molar-refractivity contribution in [3.05, 3.63) is 22.1 Å². The molecule has 0 saturated carbocycles. The molecule has 0 aromatic rings. The van der Waals surface area contributed by atoms with E-state index in [0.717, 1.165) is 25.1 Å². The average Bonchev–Trinajstić information content (AvgIpc) is 2.39. The zero-order valence-corrected chi connectivity index (χ0v) is 13.5. The lowest BCUT2D eigenvalue weighted by atomic mass is 10.1. The molecule has 0 bridgehead atoms. The van der Waals surface area contributed by atoms with Crippen LogP contribution >= 0.6 is 0 Å². The van der Waals surface area contributed by atoms with Gasteiger partial charge in [-0.3, -0.25) is 9.59 Å². The summed E-state index contributed by atoms with van der Waals surface area (Å²) in [5.41, 5.74) is 8.88. The first-order valence-electron chi connectivity index (χ1n) is 7.02. The molecule has 1 rings (SSSR count). The van der Waals surface area contributed by atoms with Crippen molar-refractivity contribution >= 4 is 12.4 Å². The van der Waals surface area contributed by atoms with Crippen LogP contribution in [0.2, 0.25) is 0 Å². The number of azide groups is 1. The van der Waals surface area contributed by atoms with Gasteiger partial charge in [0.15, 0.2) is 6.23 Å². The van der Waals surface area contributed by atoms with Gasteiger partial charge in [-0.2, -0.15) is 0 Å². The summed E-state index contributed by atoms with van der Waals surface area (Å²) in [5.74, 6) is -0.344. The van der Waals surface area contributed by atoms with E-state index in [1.165, 1.54) is 6.92 Å². The first-order valence-corrected chi connectivity index (χ1v) is 7.02. The molecule has 8 heteroatoms. The smallest absolute Gasteiger partial charge is 0.310 e. The Hall–Kier alpha value is -2.05. The van der Waals surface area contributed by atoms with Crippen LogP contribution in [0.5, 0.6) is 0 Å². The summed E-state index contributed by atoms with van der Waals surface area (Å²) in [6, 6.07) is 0. The predicted octanol–water partition coefficient (Wildman–Crippen LogP) is 2.45. The SMILES string of the molecule is CC(C)(C)OC=O.CC(N=[N+]=[N-])OC(=O)CC1=CCNCC1. The number of carbonyl (C=O) groups is 2. The van der Waals surface area contributed by atoms with Crippen LogP contribution in [0.15, 0.2) is 16.8 Å². The van der Waals surface area contributed by atoms with E-state index in [9.17, 15) is 9.59 Å². The highest BCUT2D eigenvalue weighted by atomic mass is 16.6. The lowest BCUT2D eigenvalue weighted by molar-refractivity contribution is -0.147. The van der Waals surface area contributed by atoms with Crippen molar-refractivity contribution in [2.24, 2.45) is 5.11 Å². The van der Waals surface area contributed by atoms with E-state index in [1.54, 1.807) is 0 Å². The maximum absolute atomic E-state index is 11.3. The van der Waals surface area contributed by atoms with E-state index < -0.39 is 6.23 Å². The number of hydrogen-bond acceptors (Lipinski definition) is 6. The summed E-state index contributed by atoms with van der Waals surface area (Å²) in [6.45, 7) is 9.15. The fraction of sp³-hybridized carbons (Fsp3) is 0.714. The molecular formula is C14H24N4O4. The van der Waals surface area contributed by atoms with E-state index in [4.69, 9.17) is 10.3 Å². The van der Waals surface area contributed by atoms with E-state index in [-0.39, 0.29) is 18.0 Å². The monoisotopic (exact) mass is 312 g/mol. The fourth-order valence-corrected chi connectivity index (χ4v) is 1.49. The zero-order valence-electron chi connectivity index (χ0n) is 13.5. The largest absolute Gasteiger partial charge is 0.462 e. The molecule has 0 fully saturated rings. The Bertz CT molecular complexity index is 437. The number of rotatable bonds is 5. The first-order chi connectivity index (χ1) is 10.3. The standard InChI is InChI=1S/C9H14N4O2.C5H10O2/c1-7(12-13-10)15-9(14)6-8-2-4-11-5-3-8;1-5(2,3)7-4-6/h2,7,11H,3-6H2,1H3;4H,1-3H3. The van der Waals surface area contributed by atoms with Gasteiger partial charge in [-0.25, -0.2) is 0 Å². The van der Waals surface area contributed by atoms with Gasteiger partial charge in [-0.05, 0) is 51.3 Å². The molecule has 0 radical (unpaired) electrons. The number of ether oxygens (including phenoxy) is 2. The third-order valence-corrected chi connectivity index (χ3v) is 2.45. The molecule has 8 nitrogen and oxygen atoms in total. The molecule has 0 saturated heterocycles. The molecular weight excluding hydrogens is 288 g/mol. The van der Waals surface area contributed by atoms with E-state index in [2.05, 4.69) is 20.1 Å². The fourth-order valence-electron chi connectivity index (χ4n) is 1.49. The Morgan fingerprint density at radius 1 is 1.59 bits per heavy atom. The lowest BCUT2D eigenvalue weighted by Crippen LogP contribution is -2.22. The first kappa shape index (κ1) is 19.9. The Kier molecular flexibility index (Phi) is 9.65. The topological polar surface area (TPSA) is 113 Å². The van der Waals surface area contributed by atoms with Gasteiger partial charge in [0.25, 0.3) is 6.47 Å². The van der Waals surface area contributed by atoms with E-state index >= 15 is 0 Å². The Morgan fingerprint density at radius 2 is 2.27 bits per heavy atom. The number of nitrogens with one attached hydrogen (secondary N) is 1. The number of carbonyl (C=O) groups excluding carboxylic acids is 2. The highest BCUT2D eigenvalue weighted by molar-refractivity contribution is 5.72. The lowest BCUT2D eigenvalue weighted by Gasteiger charge is -2.14. The van der Waals surface area contributed by atoms with Crippen LogP contribution < -0.4 is 5.32 Å². The predicted molar refractivity (Wildman–Crippen MR) is 81.8 cm³/mol. The van der Waals surface area contributed by atoms with Gasteiger partial charge in [-0.1, -0.05) is 11.6 Å². The van der Waals surface area contributed by atoms with Gasteiger partial charge >= 0.3 is 5.97 Å². The van der Waals surface area contributed by atoms with Crippen LogP contribution in [-0.2, 0) is 19.1 Å². The van der Waals surface area contributed by atoms with Crippen LogP contribution in [0.3, 0.4) is 0 Å². The molecule has 22 heavy (non-hydrogen) atoms. The molecule has 0 aliphatic carbocycles. The quantitative estimate of drug-likeness (QED) is 0.209. The minimum Gasteiger partial charge on any atom is -0.462 e. The second kappa shape index (κ2) is 10.6. The molecule has 1 atom stereocenters. The summed E-state index contributed by atoms with van der Waals surface area (Å²) in [7, 11) is 0. The third kappa shape index (κ3) is 11.7. The summed E-state index contributed by atoms with van der Waals surface area (Å²) < 4.78 is 9.42. The van der Waals surface area contributed by atoms with Crippen molar-refractivity contribution in [1.82, 2.24) is 5.32 Å². The van der Waals surface area contributed by atoms with Crippen molar-refractivity contribution < 1.29 is 19.1 Å². The van der Waals surface area contributed by atoms with Crippen molar-refractivity contribution in [3.8, 4) is 0 Å². The number of nitrogens with zero attached hydrogens (tertiary/aromatic N) is 3. The summed E-state index contributed by atoms with van der Waals surface area (Å²) in [5, 5.41) is 6.42. The molecule has 0 aromatic heterocycles. The van der Waals surface area contributed by atoms with Crippen LogP contribution in [0.1, 0.15) is 40.5 Å². The second-order valence-electron chi connectivity index (χ2n) is 5.61. The molecule has 0 spiro atoms. The van der Waals surface area contributed by atoms with Crippen LogP contribution in [0, 0.1) is 0 Å². The van der Waals surface area contributed by atoms with Gasteiger partial charge < -0.3 is 14.8 Å². The van der Waals surface area contributed by atoms with E-state index in [0.29, 0.717) is 6.47 Å². The highest BCUT2D eigenvalue weighted by Crippen LogP contribution is 2.11. The van der Waals surface area contributed by atoms with Gasteiger partial charge in [0, 0.05) is 11.5 Å². The number of hydrogen-bond donors (Lipinski definition) is 1. The van der Waals surface area contributed by atoms with E-state index in [1.807, 2.05) is 26.8 Å². The molecule has 124 valence electrons. The van der Waals surface area contributed by atoms with Crippen molar-refractivity contribution in [2.45, 2.75) is 52.4 Å². The summed E-state index contributed by atoms with van der Waals surface area (Å²) in [6.07, 6.45) is 2.41. The molecule has 0 amide bonds. The minimum atomic E-state index is -0.732. The molecule has 1 aliphatic rings. The normalized spacial score (nSPS) is 15.2. The minimum absolute atomic E-state index is 0.285. The number of esters is 1.